The first-order valence-corrected chi connectivity index (χ1v) is 13.0. The first-order valence-electron chi connectivity index (χ1n) is 12.0. The Labute approximate surface area is 185 Å². The summed E-state index contributed by atoms with van der Waals surface area (Å²) < 4.78 is 6.18. The van der Waals surface area contributed by atoms with Crippen LogP contribution in [0, 0.1) is 23.2 Å². The second kappa shape index (κ2) is 8.57. The van der Waals surface area contributed by atoms with Crippen LogP contribution in [0.1, 0.15) is 71.1 Å². The lowest BCUT2D eigenvalue weighted by molar-refractivity contribution is -0.161. The minimum atomic E-state index is -0.206. The Morgan fingerprint density at radius 1 is 0.933 bits per heavy atom. The van der Waals surface area contributed by atoms with Crippen LogP contribution in [-0.4, -0.2) is 11.7 Å². The van der Waals surface area contributed by atoms with Crippen molar-refractivity contribution in [2.75, 3.05) is 5.75 Å². The van der Waals surface area contributed by atoms with E-state index in [9.17, 15) is 4.79 Å². The van der Waals surface area contributed by atoms with E-state index in [4.69, 9.17) is 4.74 Å². The van der Waals surface area contributed by atoms with Crippen LogP contribution in [0.15, 0.2) is 41.3 Å². The molecule has 4 aliphatic rings. The van der Waals surface area contributed by atoms with E-state index in [0.717, 1.165) is 53.9 Å². The SMILES string of the molecule is CCCCCCSc1ccc(OC(=O)C23CC4CC(CC(C4)C2)C3)c2ccccc12. The van der Waals surface area contributed by atoms with Crippen molar-refractivity contribution in [3.63, 3.8) is 0 Å². The van der Waals surface area contributed by atoms with Gasteiger partial charge < -0.3 is 4.74 Å². The fourth-order valence-electron chi connectivity index (χ4n) is 6.74. The molecule has 4 fully saturated rings. The normalized spacial score (nSPS) is 29.4. The van der Waals surface area contributed by atoms with Gasteiger partial charge in [-0.25, -0.2) is 0 Å². The molecule has 0 aromatic heterocycles. The number of fused-ring (bicyclic) bond motifs is 1. The molecular formula is C27H34O2S. The number of carbonyl (C=O) groups is 1. The standard InChI is InChI=1S/C27H34O2S/c1-2-3-4-7-12-30-25-11-10-24(22-8-5-6-9-23(22)25)29-26(28)27-16-19-13-20(17-27)15-21(14-19)18-27/h5-6,8-11,19-21H,2-4,7,12-18H2,1H3. The van der Waals surface area contributed by atoms with Gasteiger partial charge in [0.25, 0.3) is 0 Å². The molecule has 4 aliphatic carbocycles. The molecule has 0 amide bonds. The summed E-state index contributed by atoms with van der Waals surface area (Å²) in [6.45, 7) is 2.25. The van der Waals surface area contributed by atoms with Gasteiger partial charge in [-0.05, 0) is 86.0 Å². The predicted octanol–water partition coefficient (Wildman–Crippen LogP) is 7.63. The fourth-order valence-corrected chi connectivity index (χ4v) is 7.80. The zero-order valence-corrected chi connectivity index (χ0v) is 19.0. The summed E-state index contributed by atoms with van der Waals surface area (Å²) in [6, 6.07) is 12.6. The molecule has 4 bridgehead atoms. The van der Waals surface area contributed by atoms with E-state index in [2.05, 4.69) is 37.3 Å². The van der Waals surface area contributed by atoms with Gasteiger partial charge in [0.05, 0.1) is 5.41 Å². The van der Waals surface area contributed by atoms with Crippen LogP contribution in [0.2, 0.25) is 0 Å². The Morgan fingerprint density at radius 3 is 2.27 bits per heavy atom. The van der Waals surface area contributed by atoms with Crippen LogP contribution in [-0.2, 0) is 4.79 Å². The molecule has 2 aromatic rings. The first-order chi connectivity index (χ1) is 14.7. The van der Waals surface area contributed by atoms with Crippen LogP contribution >= 0.6 is 11.8 Å². The van der Waals surface area contributed by atoms with Crippen LogP contribution in [0.25, 0.3) is 10.8 Å². The summed E-state index contributed by atoms with van der Waals surface area (Å²) in [5.74, 6) is 4.22. The van der Waals surface area contributed by atoms with Crippen LogP contribution in [0.4, 0.5) is 0 Å². The summed E-state index contributed by atoms with van der Waals surface area (Å²) in [5, 5.41) is 2.29. The molecule has 4 saturated carbocycles. The van der Waals surface area contributed by atoms with Crippen molar-refractivity contribution in [2.45, 2.75) is 76.0 Å². The smallest absolute Gasteiger partial charge is 0.317 e. The molecule has 2 nitrogen and oxygen atoms in total. The predicted molar refractivity (Wildman–Crippen MR) is 125 cm³/mol. The lowest BCUT2D eigenvalue weighted by Crippen LogP contribution is -2.51. The van der Waals surface area contributed by atoms with Gasteiger partial charge in [0.2, 0.25) is 0 Å². The topological polar surface area (TPSA) is 26.3 Å². The Kier molecular flexibility index (Phi) is 5.84. The number of carbonyl (C=O) groups excluding carboxylic acids is 1. The van der Waals surface area contributed by atoms with E-state index < -0.39 is 0 Å². The van der Waals surface area contributed by atoms with Gasteiger partial charge in [0.1, 0.15) is 5.75 Å². The molecule has 0 heterocycles. The maximum atomic E-state index is 13.4. The van der Waals surface area contributed by atoms with E-state index in [1.54, 1.807) is 0 Å². The van der Waals surface area contributed by atoms with Crippen LogP contribution in [0.5, 0.6) is 5.75 Å². The van der Waals surface area contributed by atoms with E-state index in [1.807, 2.05) is 17.8 Å². The van der Waals surface area contributed by atoms with Crippen LogP contribution < -0.4 is 4.74 Å². The zero-order valence-electron chi connectivity index (χ0n) is 18.2. The van der Waals surface area contributed by atoms with Crippen molar-refractivity contribution < 1.29 is 9.53 Å². The minimum Gasteiger partial charge on any atom is -0.425 e. The van der Waals surface area contributed by atoms with Crippen molar-refractivity contribution in [1.82, 2.24) is 0 Å². The molecule has 0 unspecified atom stereocenters. The van der Waals surface area contributed by atoms with E-state index >= 15 is 0 Å². The highest BCUT2D eigenvalue weighted by Crippen LogP contribution is 2.60. The van der Waals surface area contributed by atoms with E-state index in [0.29, 0.717) is 0 Å². The number of esters is 1. The lowest BCUT2D eigenvalue weighted by Gasteiger charge is -2.55. The Morgan fingerprint density at radius 2 is 1.60 bits per heavy atom. The third-order valence-electron chi connectivity index (χ3n) is 7.77. The van der Waals surface area contributed by atoms with Crippen LogP contribution in [0.3, 0.4) is 0 Å². The second-order valence-corrected chi connectivity index (χ2v) is 11.2. The molecule has 0 atom stereocenters. The monoisotopic (exact) mass is 422 g/mol. The van der Waals surface area contributed by atoms with Gasteiger partial charge in [0, 0.05) is 10.3 Å². The number of rotatable bonds is 8. The number of hydrogen-bond donors (Lipinski definition) is 0. The third-order valence-corrected chi connectivity index (χ3v) is 8.93. The highest BCUT2D eigenvalue weighted by Gasteiger charge is 2.55. The third kappa shape index (κ3) is 3.90. The maximum Gasteiger partial charge on any atom is 0.317 e. The van der Waals surface area contributed by atoms with Crippen molar-refractivity contribution in [3.8, 4) is 5.75 Å². The molecule has 0 saturated heterocycles. The highest BCUT2D eigenvalue weighted by molar-refractivity contribution is 7.99. The fraction of sp³-hybridized carbons (Fsp3) is 0.593. The Balaban J connectivity index is 1.34. The largest absolute Gasteiger partial charge is 0.425 e. The molecule has 0 N–H and O–H groups in total. The summed E-state index contributed by atoms with van der Waals surface area (Å²) in [6.07, 6.45) is 12.4. The van der Waals surface area contributed by atoms with Gasteiger partial charge >= 0.3 is 5.97 Å². The van der Waals surface area contributed by atoms with Gasteiger partial charge in [-0.3, -0.25) is 4.79 Å². The number of unbranched alkanes of at least 4 members (excludes halogenated alkanes) is 3. The molecular weight excluding hydrogens is 388 g/mol. The second-order valence-electron chi connectivity index (χ2n) is 10.1. The zero-order chi connectivity index (χ0) is 20.6. The molecule has 3 heteroatoms. The van der Waals surface area contributed by atoms with Crippen molar-refractivity contribution in [1.29, 1.82) is 0 Å². The minimum absolute atomic E-state index is 0.0479. The van der Waals surface area contributed by atoms with Crippen molar-refractivity contribution in [2.24, 2.45) is 23.2 Å². The number of benzene rings is 2. The number of hydrogen-bond acceptors (Lipinski definition) is 3. The van der Waals surface area contributed by atoms with Crippen molar-refractivity contribution in [3.05, 3.63) is 36.4 Å². The van der Waals surface area contributed by atoms with Gasteiger partial charge in [0.15, 0.2) is 0 Å². The lowest BCUT2D eigenvalue weighted by atomic mass is 9.49. The number of ether oxygens (including phenoxy) is 1. The van der Waals surface area contributed by atoms with Crippen molar-refractivity contribution >= 4 is 28.5 Å². The summed E-state index contributed by atoms with van der Waals surface area (Å²) in [7, 11) is 0. The van der Waals surface area contributed by atoms with Gasteiger partial charge in [-0.15, -0.1) is 11.8 Å². The summed E-state index contributed by atoms with van der Waals surface area (Å²) in [5.41, 5.74) is -0.206. The average Bonchev–Trinajstić information content (AvgIpc) is 2.74. The quantitative estimate of drug-likeness (QED) is 0.189. The Hall–Kier alpha value is -1.48. The maximum absolute atomic E-state index is 13.4. The molecule has 2 aromatic carbocycles. The first kappa shape index (κ1) is 20.4. The Bertz CT molecular complexity index is 883. The van der Waals surface area contributed by atoms with Gasteiger partial charge in [-0.1, -0.05) is 50.5 Å². The molecule has 30 heavy (non-hydrogen) atoms. The molecule has 0 aliphatic heterocycles. The van der Waals surface area contributed by atoms with E-state index in [1.165, 1.54) is 55.2 Å². The molecule has 0 radical (unpaired) electrons. The summed E-state index contributed by atoms with van der Waals surface area (Å²) >= 11 is 1.93. The molecule has 6 rings (SSSR count). The summed E-state index contributed by atoms with van der Waals surface area (Å²) in [4.78, 5) is 14.7. The number of thioether (sulfide) groups is 1. The molecule has 160 valence electrons. The average molecular weight is 423 g/mol. The van der Waals surface area contributed by atoms with E-state index in [-0.39, 0.29) is 11.4 Å². The highest BCUT2D eigenvalue weighted by atomic mass is 32.2. The molecule has 0 spiro atoms. The van der Waals surface area contributed by atoms with Gasteiger partial charge in [-0.2, -0.15) is 0 Å².